The molecule has 0 spiro atoms. The summed E-state index contributed by atoms with van der Waals surface area (Å²) in [6.07, 6.45) is 5.33. The first-order valence-electron chi connectivity index (χ1n) is 18.1. The van der Waals surface area contributed by atoms with E-state index in [9.17, 15) is 0 Å². The first kappa shape index (κ1) is 34.4. The van der Waals surface area contributed by atoms with Crippen LogP contribution in [-0.2, 0) is 58.3 Å². The molecule has 0 aromatic heterocycles. The number of fused-ring (bicyclic) bond motifs is 3. The van der Waals surface area contributed by atoms with E-state index in [1.54, 1.807) is 21.3 Å². The molecule has 3 aliphatic rings. The number of ether oxygens (including phenoxy) is 6. The van der Waals surface area contributed by atoms with E-state index in [-0.39, 0.29) is 19.8 Å². The zero-order valence-corrected chi connectivity index (χ0v) is 30.7. The van der Waals surface area contributed by atoms with E-state index in [1.165, 1.54) is 50.1 Å². The van der Waals surface area contributed by atoms with Gasteiger partial charge >= 0.3 is 0 Å². The van der Waals surface area contributed by atoms with Gasteiger partial charge in [0.15, 0.2) is 0 Å². The highest BCUT2D eigenvalue weighted by Gasteiger charge is 2.29. The van der Waals surface area contributed by atoms with Gasteiger partial charge in [-0.1, -0.05) is 57.2 Å². The topological polar surface area (TPSA) is 55.4 Å². The van der Waals surface area contributed by atoms with Crippen molar-refractivity contribution in [3.63, 3.8) is 0 Å². The van der Waals surface area contributed by atoms with Gasteiger partial charge in [-0.3, -0.25) is 0 Å². The van der Waals surface area contributed by atoms with Crippen molar-refractivity contribution in [1.29, 1.82) is 0 Å². The van der Waals surface area contributed by atoms with Crippen LogP contribution >= 0.6 is 0 Å². The fraction of sp³-hybridized carbons (Fsp3) is 0.333. The van der Waals surface area contributed by atoms with Crippen LogP contribution in [0.25, 0.3) is 0 Å². The Kier molecular flexibility index (Phi) is 10.1. The molecule has 0 amide bonds. The molecular weight excluding hydrogens is 636 g/mol. The van der Waals surface area contributed by atoms with E-state index in [2.05, 4.69) is 75.4 Å². The second-order valence-corrected chi connectivity index (χ2v) is 13.3. The molecule has 3 aliphatic heterocycles. The van der Waals surface area contributed by atoms with Crippen molar-refractivity contribution < 1.29 is 28.4 Å². The first-order chi connectivity index (χ1) is 25.0. The third-order valence-electron chi connectivity index (χ3n) is 10.5. The van der Waals surface area contributed by atoms with Crippen LogP contribution in [0.3, 0.4) is 0 Å². The first-order valence-corrected chi connectivity index (χ1v) is 18.1. The fourth-order valence-corrected chi connectivity index (χ4v) is 8.32. The number of hydrogen-bond donors (Lipinski definition) is 0. The predicted molar refractivity (Wildman–Crippen MR) is 201 cm³/mol. The fourth-order valence-electron chi connectivity index (χ4n) is 8.32. The Bertz CT molecular complexity index is 1790. The zero-order chi connectivity index (χ0) is 35.5. The number of benzene rings is 5. The van der Waals surface area contributed by atoms with Crippen molar-refractivity contribution in [1.82, 2.24) is 0 Å². The molecule has 0 saturated carbocycles. The Morgan fingerprint density at radius 3 is 0.980 bits per heavy atom. The standard InChI is InChI=1S/C45H48O6/c1-7-34-37-22-28-13-10-16-31(19-28)49-25-40-43(46-4)41-26-50-32-17-11-14-29(20-32)23-38(34)36(9-3)39(35(37)8-2)24-30-15-12-18-33(21-30)51-27-42(44(40)47-5)45(41)48-6/h10-21H,7-9,22-27H2,1-6H3. The molecular formula is C45H48O6. The SMILES string of the molecule is CCc1c2c(CC)c3c(CC)c1Cc1cccc(c1)OCc1c(OC)c(c(OC)c(c1OC)COc1cccc(c1)C3)COc1cccc(c1)C2. The van der Waals surface area contributed by atoms with Crippen LogP contribution in [0, 0.1) is 0 Å². The van der Waals surface area contributed by atoms with Crippen LogP contribution in [0.5, 0.6) is 34.5 Å². The minimum Gasteiger partial charge on any atom is -0.496 e. The summed E-state index contributed by atoms with van der Waals surface area (Å²) in [5.74, 6) is 4.18. The molecule has 12 bridgehead atoms. The van der Waals surface area contributed by atoms with Crippen LogP contribution in [0.4, 0.5) is 0 Å². The average molecular weight is 685 g/mol. The lowest BCUT2D eigenvalue weighted by molar-refractivity contribution is 0.255. The number of hydrogen-bond acceptors (Lipinski definition) is 6. The summed E-state index contributed by atoms with van der Waals surface area (Å²) in [6.45, 7) is 7.56. The minimum atomic E-state index is 0.213. The number of methoxy groups -OCH3 is 3. The van der Waals surface area contributed by atoms with Crippen molar-refractivity contribution in [2.24, 2.45) is 0 Å². The van der Waals surface area contributed by atoms with Gasteiger partial charge in [0.1, 0.15) is 54.3 Å². The van der Waals surface area contributed by atoms with E-state index >= 15 is 0 Å². The molecule has 0 saturated heterocycles. The van der Waals surface area contributed by atoms with Gasteiger partial charge in [0.05, 0.1) is 38.0 Å². The Morgan fingerprint density at radius 2 is 0.725 bits per heavy atom. The average Bonchev–Trinajstić information content (AvgIpc) is 3.15. The van der Waals surface area contributed by atoms with E-state index in [4.69, 9.17) is 28.4 Å². The molecule has 5 aromatic carbocycles. The molecule has 51 heavy (non-hydrogen) atoms. The molecule has 8 rings (SSSR count). The van der Waals surface area contributed by atoms with Crippen molar-refractivity contribution in [2.75, 3.05) is 21.3 Å². The van der Waals surface area contributed by atoms with Gasteiger partial charge < -0.3 is 28.4 Å². The Morgan fingerprint density at radius 1 is 0.431 bits per heavy atom. The number of rotatable bonds is 6. The van der Waals surface area contributed by atoms with Crippen LogP contribution in [-0.4, -0.2) is 21.3 Å². The highest BCUT2D eigenvalue weighted by molar-refractivity contribution is 5.63. The van der Waals surface area contributed by atoms with Gasteiger partial charge in [0.25, 0.3) is 0 Å². The van der Waals surface area contributed by atoms with Crippen LogP contribution in [0.1, 0.15) is 87.5 Å². The highest BCUT2D eigenvalue weighted by Crippen LogP contribution is 2.46. The predicted octanol–water partition coefficient (Wildman–Crippen LogP) is 9.54. The molecule has 0 unspecified atom stereocenters. The third-order valence-corrected chi connectivity index (χ3v) is 10.5. The van der Waals surface area contributed by atoms with Gasteiger partial charge in [0.2, 0.25) is 0 Å². The van der Waals surface area contributed by atoms with Gasteiger partial charge in [-0.2, -0.15) is 0 Å². The van der Waals surface area contributed by atoms with Crippen molar-refractivity contribution >= 4 is 0 Å². The monoisotopic (exact) mass is 684 g/mol. The van der Waals surface area contributed by atoms with E-state index in [0.717, 1.165) is 72.5 Å². The second kappa shape index (κ2) is 15.0. The largest absolute Gasteiger partial charge is 0.496 e. The lowest BCUT2D eigenvalue weighted by Crippen LogP contribution is -2.15. The van der Waals surface area contributed by atoms with Crippen molar-refractivity contribution in [3.8, 4) is 34.5 Å². The summed E-state index contributed by atoms with van der Waals surface area (Å²) in [5.41, 5.74) is 14.6. The summed E-state index contributed by atoms with van der Waals surface area (Å²) < 4.78 is 38.2. The van der Waals surface area contributed by atoms with Gasteiger partial charge in [-0.15, -0.1) is 0 Å². The molecule has 264 valence electrons. The molecule has 3 heterocycles. The molecule has 0 fully saturated rings. The maximum atomic E-state index is 6.60. The Labute approximate surface area is 302 Å². The Balaban J connectivity index is 1.58. The van der Waals surface area contributed by atoms with Crippen molar-refractivity contribution in [3.05, 3.63) is 140 Å². The summed E-state index contributed by atoms with van der Waals surface area (Å²) in [6, 6.07) is 25.6. The third kappa shape index (κ3) is 6.60. The zero-order valence-electron chi connectivity index (χ0n) is 30.7. The van der Waals surface area contributed by atoms with Gasteiger partial charge in [-0.25, -0.2) is 0 Å². The summed E-state index contributed by atoms with van der Waals surface area (Å²) in [4.78, 5) is 0. The summed E-state index contributed by atoms with van der Waals surface area (Å²) in [5, 5.41) is 0. The maximum Gasteiger partial charge on any atom is 0.139 e. The van der Waals surface area contributed by atoms with E-state index < -0.39 is 0 Å². The lowest BCUT2D eigenvalue weighted by atomic mass is 9.78. The highest BCUT2D eigenvalue weighted by atomic mass is 16.5. The normalized spacial score (nSPS) is 13.5. The molecule has 0 atom stereocenters. The lowest BCUT2D eigenvalue weighted by Gasteiger charge is -2.27. The smallest absolute Gasteiger partial charge is 0.139 e. The van der Waals surface area contributed by atoms with Gasteiger partial charge in [0, 0.05) is 0 Å². The Hall–Kier alpha value is -5.10. The van der Waals surface area contributed by atoms with Gasteiger partial charge in [-0.05, 0) is 125 Å². The quantitative estimate of drug-likeness (QED) is 0.178. The van der Waals surface area contributed by atoms with E-state index in [1.807, 2.05) is 18.2 Å². The summed E-state index contributed by atoms with van der Waals surface area (Å²) >= 11 is 0. The molecule has 6 nitrogen and oxygen atoms in total. The molecule has 6 heteroatoms. The van der Waals surface area contributed by atoms with Crippen LogP contribution in [0.2, 0.25) is 0 Å². The van der Waals surface area contributed by atoms with E-state index in [0.29, 0.717) is 17.2 Å². The summed E-state index contributed by atoms with van der Waals surface area (Å²) in [7, 11) is 5.00. The van der Waals surface area contributed by atoms with Crippen molar-refractivity contribution in [2.45, 2.75) is 79.1 Å². The molecule has 0 aliphatic carbocycles. The molecule has 0 N–H and O–H groups in total. The van der Waals surface area contributed by atoms with Crippen LogP contribution < -0.4 is 28.4 Å². The second-order valence-electron chi connectivity index (χ2n) is 13.3. The maximum absolute atomic E-state index is 6.60. The molecule has 0 radical (unpaired) electrons. The van der Waals surface area contributed by atoms with Crippen LogP contribution in [0.15, 0.2) is 72.8 Å². The minimum absolute atomic E-state index is 0.213. The molecule has 5 aromatic rings.